The lowest BCUT2D eigenvalue weighted by Crippen LogP contribution is -2.00. The minimum absolute atomic E-state index is 0.366. The summed E-state index contributed by atoms with van der Waals surface area (Å²) in [6.07, 6.45) is 0. The SMILES string of the molecule is N#Cc1c(-c2cccc(-n3c4ccccc4c4ccccc43)c2)ccc(-c2ccccc2-n2c3ccccc3c3ccccc32)c1C#N. The van der Waals surface area contributed by atoms with Crippen molar-refractivity contribution in [1.82, 2.24) is 9.13 Å². The van der Waals surface area contributed by atoms with E-state index in [1.807, 2.05) is 42.5 Å². The lowest BCUT2D eigenvalue weighted by molar-refractivity contribution is 1.18. The molecule has 4 heteroatoms. The van der Waals surface area contributed by atoms with Crippen molar-refractivity contribution in [1.29, 1.82) is 10.5 Å². The number of nitriles is 2. The summed E-state index contributed by atoms with van der Waals surface area (Å²) < 4.78 is 4.53. The molecule has 0 unspecified atom stereocenters. The van der Waals surface area contributed by atoms with Gasteiger partial charge >= 0.3 is 0 Å². The average molecular weight is 611 g/mol. The van der Waals surface area contributed by atoms with Crippen molar-refractivity contribution in [3.05, 3.63) is 169 Å². The molecule has 2 aromatic heterocycles. The summed E-state index contributed by atoms with van der Waals surface area (Å²) in [7, 11) is 0. The molecule has 9 rings (SSSR count). The van der Waals surface area contributed by atoms with Gasteiger partial charge in [-0.25, -0.2) is 0 Å². The second-order valence-electron chi connectivity index (χ2n) is 11.9. The first-order valence-electron chi connectivity index (χ1n) is 15.9. The van der Waals surface area contributed by atoms with Crippen LogP contribution in [0, 0.1) is 22.7 Å². The van der Waals surface area contributed by atoms with Crippen molar-refractivity contribution in [3.63, 3.8) is 0 Å². The van der Waals surface area contributed by atoms with Crippen molar-refractivity contribution in [2.24, 2.45) is 0 Å². The third kappa shape index (κ3) is 4.01. The maximum Gasteiger partial charge on any atom is 0.101 e. The van der Waals surface area contributed by atoms with Gasteiger partial charge in [-0.3, -0.25) is 0 Å². The first-order chi connectivity index (χ1) is 23.8. The Hall–Kier alpha value is -6.88. The van der Waals surface area contributed by atoms with Crippen LogP contribution in [0.2, 0.25) is 0 Å². The topological polar surface area (TPSA) is 57.4 Å². The first-order valence-corrected chi connectivity index (χ1v) is 15.9. The van der Waals surface area contributed by atoms with Gasteiger partial charge in [0.25, 0.3) is 0 Å². The summed E-state index contributed by atoms with van der Waals surface area (Å²) in [5.41, 5.74) is 10.3. The van der Waals surface area contributed by atoms with Crippen molar-refractivity contribution < 1.29 is 0 Å². The van der Waals surface area contributed by atoms with Crippen molar-refractivity contribution in [2.75, 3.05) is 0 Å². The molecule has 7 aromatic carbocycles. The van der Waals surface area contributed by atoms with Gasteiger partial charge in [-0.2, -0.15) is 10.5 Å². The molecule has 0 radical (unpaired) electrons. The second kappa shape index (κ2) is 10.9. The zero-order valence-electron chi connectivity index (χ0n) is 25.8. The number of aromatic nitrogens is 2. The Morgan fingerprint density at radius 3 is 1.40 bits per heavy atom. The van der Waals surface area contributed by atoms with E-state index in [2.05, 4.69) is 137 Å². The molecule has 0 N–H and O–H groups in total. The standard InChI is InChI=1S/C44H26N4/c45-27-38-31(29-12-11-13-30(26-29)47-40-19-6-2-15-34(40)35-16-3-7-20-41(35)47)24-25-32(39(38)28-46)33-14-1-8-21-42(33)48-43-22-9-4-17-36(43)37-18-5-10-23-44(37)48/h1-26H. The Labute approximate surface area is 277 Å². The normalized spacial score (nSPS) is 11.3. The van der Waals surface area contributed by atoms with Crippen molar-refractivity contribution in [2.45, 2.75) is 0 Å². The molecule has 0 atom stereocenters. The number of nitrogens with zero attached hydrogens (tertiary/aromatic N) is 4. The molecule has 2 heterocycles. The third-order valence-corrected chi connectivity index (χ3v) is 9.44. The van der Waals surface area contributed by atoms with Crippen LogP contribution in [-0.2, 0) is 0 Å². The van der Waals surface area contributed by atoms with Crippen LogP contribution in [0.15, 0.2) is 158 Å². The fourth-order valence-corrected chi connectivity index (χ4v) is 7.39. The molecule has 0 aliphatic heterocycles. The Morgan fingerprint density at radius 2 is 0.833 bits per heavy atom. The van der Waals surface area contributed by atoms with Crippen LogP contribution in [0.3, 0.4) is 0 Å². The van der Waals surface area contributed by atoms with Crippen molar-refractivity contribution in [3.8, 4) is 45.8 Å². The maximum absolute atomic E-state index is 10.7. The van der Waals surface area contributed by atoms with Gasteiger partial charge in [0, 0.05) is 43.9 Å². The minimum atomic E-state index is 0.366. The first kappa shape index (κ1) is 27.4. The number of rotatable bonds is 4. The molecule has 0 spiro atoms. The maximum atomic E-state index is 10.7. The molecule has 9 aromatic rings. The zero-order valence-corrected chi connectivity index (χ0v) is 25.8. The molecule has 0 saturated heterocycles. The highest BCUT2D eigenvalue weighted by atomic mass is 15.0. The van der Waals surface area contributed by atoms with E-state index in [0.29, 0.717) is 11.1 Å². The van der Waals surface area contributed by atoms with E-state index < -0.39 is 0 Å². The largest absolute Gasteiger partial charge is 0.309 e. The third-order valence-electron chi connectivity index (χ3n) is 9.44. The average Bonchev–Trinajstić information content (AvgIpc) is 3.67. The molecule has 0 fully saturated rings. The smallest absolute Gasteiger partial charge is 0.101 e. The van der Waals surface area contributed by atoms with Gasteiger partial charge in [-0.05, 0) is 48.0 Å². The number of benzene rings is 7. The lowest BCUT2D eigenvalue weighted by atomic mass is 9.89. The van der Waals surface area contributed by atoms with Crippen LogP contribution in [0.5, 0.6) is 0 Å². The van der Waals surface area contributed by atoms with Crippen LogP contribution in [0.4, 0.5) is 0 Å². The summed E-state index contributed by atoms with van der Waals surface area (Å²) in [4.78, 5) is 0. The van der Waals surface area contributed by atoms with Crippen LogP contribution < -0.4 is 0 Å². The molecular formula is C44H26N4. The molecule has 0 saturated carbocycles. The number of hydrogen-bond acceptors (Lipinski definition) is 2. The minimum Gasteiger partial charge on any atom is -0.309 e. The Bertz CT molecular complexity index is 2710. The monoisotopic (exact) mass is 610 g/mol. The van der Waals surface area contributed by atoms with Gasteiger partial charge in [-0.1, -0.05) is 115 Å². The van der Waals surface area contributed by atoms with Gasteiger partial charge < -0.3 is 9.13 Å². The number of hydrogen-bond donors (Lipinski definition) is 0. The summed E-state index contributed by atoms with van der Waals surface area (Å²) in [6.45, 7) is 0. The van der Waals surface area contributed by atoms with Gasteiger partial charge in [0.15, 0.2) is 0 Å². The molecule has 0 bridgehead atoms. The van der Waals surface area contributed by atoms with Crippen LogP contribution >= 0.6 is 0 Å². The molecule has 0 aliphatic rings. The lowest BCUT2D eigenvalue weighted by Gasteiger charge is -2.17. The Balaban J connectivity index is 1.24. The molecule has 4 nitrogen and oxygen atoms in total. The summed E-state index contributed by atoms with van der Waals surface area (Å²) in [5, 5.41) is 26.0. The predicted octanol–water partition coefficient (Wildman–Crippen LogP) is 11.0. The van der Waals surface area contributed by atoms with E-state index in [1.165, 1.54) is 21.5 Å². The highest BCUT2D eigenvalue weighted by Crippen LogP contribution is 2.40. The number of para-hydroxylation sites is 5. The van der Waals surface area contributed by atoms with Gasteiger partial charge in [0.05, 0.1) is 38.9 Å². The molecule has 0 aliphatic carbocycles. The van der Waals surface area contributed by atoms with Crippen LogP contribution in [-0.4, -0.2) is 9.13 Å². The van der Waals surface area contributed by atoms with Gasteiger partial charge in [0.2, 0.25) is 0 Å². The van der Waals surface area contributed by atoms with E-state index in [0.717, 1.165) is 55.7 Å². The van der Waals surface area contributed by atoms with E-state index in [1.54, 1.807) is 0 Å². The zero-order chi connectivity index (χ0) is 32.2. The second-order valence-corrected chi connectivity index (χ2v) is 11.9. The Kier molecular flexibility index (Phi) is 6.22. The van der Waals surface area contributed by atoms with Gasteiger partial charge in [-0.15, -0.1) is 0 Å². The van der Waals surface area contributed by atoms with Crippen molar-refractivity contribution >= 4 is 43.6 Å². The highest BCUT2D eigenvalue weighted by molar-refractivity contribution is 6.10. The highest BCUT2D eigenvalue weighted by Gasteiger charge is 2.21. The molecule has 48 heavy (non-hydrogen) atoms. The van der Waals surface area contributed by atoms with E-state index >= 15 is 0 Å². The van der Waals surface area contributed by atoms with E-state index in [4.69, 9.17) is 0 Å². The van der Waals surface area contributed by atoms with E-state index in [9.17, 15) is 10.5 Å². The number of fused-ring (bicyclic) bond motifs is 6. The Morgan fingerprint density at radius 1 is 0.375 bits per heavy atom. The van der Waals surface area contributed by atoms with E-state index in [-0.39, 0.29) is 0 Å². The van der Waals surface area contributed by atoms with Gasteiger partial charge in [0.1, 0.15) is 12.1 Å². The fourth-order valence-electron chi connectivity index (χ4n) is 7.39. The quantitative estimate of drug-likeness (QED) is 0.199. The fraction of sp³-hybridized carbons (Fsp3) is 0. The van der Waals surface area contributed by atoms with Crippen LogP contribution in [0.1, 0.15) is 11.1 Å². The molecule has 0 amide bonds. The summed E-state index contributed by atoms with van der Waals surface area (Å²) in [5.74, 6) is 0. The molecule has 222 valence electrons. The van der Waals surface area contributed by atoms with Crippen LogP contribution in [0.25, 0.3) is 77.2 Å². The predicted molar refractivity (Wildman–Crippen MR) is 195 cm³/mol. The summed E-state index contributed by atoms with van der Waals surface area (Å²) in [6, 6.07) is 58.8. The molecular weight excluding hydrogens is 585 g/mol. The summed E-state index contributed by atoms with van der Waals surface area (Å²) >= 11 is 0.